The molecule has 0 radical (unpaired) electrons. The van der Waals surface area contributed by atoms with E-state index in [4.69, 9.17) is 0 Å². The van der Waals surface area contributed by atoms with Gasteiger partial charge in [0.15, 0.2) is 0 Å². The highest BCUT2D eigenvalue weighted by molar-refractivity contribution is 9.11. The highest BCUT2D eigenvalue weighted by Crippen LogP contribution is 2.12. The Morgan fingerprint density at radius 3 is 3.20 bits per heavy atom. The number of nitrogens with one attached hydrogen (secondary N) is 2. The van der Waals surface area contributed by atoms with E-state index in [1.54, 1.807) is 0 Å². The van der Waals surface area contributed by atoms with Crippen molar-refractivity contribution in [2.24, 2.45) is 0 Å². The van der Waals surface area contributed by atoms with Crippen LogP contribution >= 0.6 is 15.9 Å². The molecule has 0 saturated carbocycles. The zero-order valence-electron chi connectivity index (χ0n) is 8.26. The summed E-state index contributed by atoms with van der Waals surface area (Å²) in [7, 11) is 0. The van der Waals surface area contributed by atoms with Gasteiger partial charge in [0, 0.05) is 23.0 Å². The smallest absolute Gasteiger partial charge is 0.0653 e. The fraction of sp³-hybridized carbons (Fsp3) is 0.182. The lowest BCUT2D eigenvalue weighted by molar-refractivity contribution is 0.758. The first-order valence-corrected chi connectivity index (χ1v) is 5.51. The second kappa shape index (κ2) is 4.59. The van der Waals surface area contributed by atoms with Crippen LogP contribution in [0.4, 0.5) is 0 Å². The number of halogens is 1. The molecular weight excluding hydrogens is 254 g/mol. The lowest BCUT2D eigenvalue weighted by Gasteiger charge is -2.03. The molecule has 0 atom stereocenters. The van der Waals surface area contributed by atoms with E-state index in [0.29, 0.717) is 0 Å². The van der Waals surface area contributed by atoms with Crippen LogP contribution in [0.1, 0.15) is 5.56 Å². The highest BCUT2D eigenvalue weighted by Gasteiger charge is 1.97. The molecule has 4 heteroatoms. The number of H-pyrrole nitrogens is 1. The van der Waals surface area contributed by atoms with E-state index in [-0.39, 0.29) is 0 Å². The van der Waals surface area contributed by atoms with Crippen LogP contribution in [0.15, 0.2) is 35.5 Å². The van der Waals surface area contributed by atoms with Gasteiger partial charge in [-0.3, -0.25) is 5.10 Å². The molecule has 1 heterocycles. The summed E-state index contributed by atoms with van der Waals surface area (Å²) in [5.74, 6) is 0. The average Bonchev–Trinajstić information content (AvgIpc) is 2.64. The number of hydrogen-bond donors (Lipinski definition) is 2. The van der Waals surface area contributed by atoms with Gasteiger partial charge in [-0.25, -0.2) is 0 Å². The molecule has 0 aliphatic heterocycles. The first-order chi connectivity index (χ1) is 7.25. The Balaban J connectivity index is 2.04. The predicted octanol–water partition coefficient (Wildman–Crippen LogP) is 2.56. The Morgan fingerprint density at radius 2 is 2.40 bits per heavy atom. The maximum atomic E-state index is 3.98. The normalized spacial score (nSPS) is 10.7. The van der Waals surface area contributed by atoms with Crippen molar-refractivity contribution in [3.05, 3.63) is 41.0 Å². The third-order valence-electron chi connectivity index (χ3n) is 2.15. The van der Waals surface area contributed by atoms with Crippen molar-refractivity contribution in [1.82, 2.24) is 15.5 Å². The fourth-order valence-corrected chi connectivity index (χ4v) is 1.63. The fourth-order valence-electron chi connectivity index (χ4n) is 1.44. The zero-order chi connectivity index (χ0) is 10.7. The average molecular weight is 266 g/mol. The van der Waals surface area contributed by atoms with Crippen LogP contribution in [-0.4, -0.2) is 16.7 Å². The van der Waals surface area contributed by atoms with Crippen molar-refractivity contribution in [1.29, 1.82) is 0 Å². The minimum Gasteiger partial charge on any atom is -0.308 e. The number of hydrogen-bond acceptors (Lipinski definition) is 2. The van der Waals surface area contributed by atoms with Crippen molar-refractivity contribution < 1.29 is 0 Å². The summed E-state index contributed by atoms with van der Waals surface area (Å²) in [6.07, 6.45) is 1.83. The number of rotatable bonds is 4. The molecule has 2 N–H and O–H groups in total. The summed E-state index contributed by atoms with van der Waals surface area (Å²) in [6, 6.07) is 6.27. The number of fused-ring (bicyclic) bond motifs is 1. The van der Waals surface area contributed by atoms with Crippen LogP contribution in [0, 0.1) is 0 Å². The topological polar surface area (TPSA) is 40.7 Å². The van der Waals surface area contributed by atoms with Gasteiger partial charge in [-0.05, 0) is 11.6 Å². The van der Waals surface area contributed by atoms with Crippen LogP contribution in [0.2, 0.25) is 0 Å². The summed E-state index contributed by atoms with van der Waals surface area (Å²) < 4.78 is 0.963. The molecular formula is C11H12BrN3. The first-order valence-electron chi connectivity index (χ1n) is 4.72. The summed E-state index contributed by atoms with van der Waals surface area (Å²) in [5, 5.41) is 11.4. The zero-order valence-corrected chi connectivity index (χ0v) is 9.84. The third-order valence-corrected chi connectivity index (χ3v) is 2.43. The van der Waals surface area contributed by atoms with Gasteiger partial charge in [0.05, 0.1) is 11.7 Å². The molecule has 78 valence electrons. The van der Waals surface area contributed by atoms with Crippen molar-refractivity contribution in [3.63, 3.8) is 0 Å². The molecule has 0 amide bonds. The quantitative estimate of drug-likeness (QED) is 0.892. The van der Waals surface area contributed by atoms with Crippen LogP contribution in [0.25, 0.3) is 10.9 Å². The van der Waals surface area contributed by atoms with Crippen molar-refractivity contribution in [2.45, 2.75) is 6.54 Å². The van der Waals surface area contributed by atoms with E-state index in [2.05, 4.69) is 56.2 Å². The molecule has 1 aromatic carbocycles. The molecule has 2 aromatic rings. The van der Waals surface area contributed by atoms with Crippen LogP contribution in [0.5, 0.6) is 0 Å². The molecule has 15 heavy (non-hydrogen) atoms. The van der Waals surface area contributed by atoms with E-state index in [0.717, 1.165) is 28.5 Å². The standard InChI is InChI=1S/C11H12BrN3/c1-8(12)5-13-6-9-2-3-10-7-14-15-11(10)4-9/h2-4,7,13H,1,5-6H2,(H,14,15). The second-order valence-electron chi connectivity index (χ2n) is 3.41. The third kappa shape index (κ3) is 2.67. The molecule has 0 aliphatic carbocycles. The molecule has 0 spiro atoms. The summed E-state index contributed by atoms with van der Waals surface area (Å²) in [4.78, 5) is 0. The number of aromatic amines is 1. The van der Waals surface area contributed by atoms with Crippen LogP contribution in [-0.2, 0) is 6.54 Å². The van der Waals surface area contributed by atoms with E-state index in [1.165, 1.54) is 5.56 Å². The monoisotopic (exact) mass is 265 g/mol. The SMILES string of the molecule is C=C(Br)CNCc1ccc2cn[nH]c2c1. The number of aromatic nitrogens is 2. The maximum absolute atomic E-state index is 3.98. The van der Waals surface area contributed by atoms with Crippen molar-refractivity contribution in [2.75, 3.05) is 6.54 Å². The Morgan fingerprint density at radius 1 is 1.53 bits per heavy atom. The molecule has 2 rings (SSSR count). The lowest BCUT2D eigenvalue weighted by Crippen LogP contribution is -2.14. The van der Waals surface area contributed by atoms with Gasteiger partial charge >= 0.3 is 0 Å². The molecule has 0 unspecified atom stereocenters. The highest BCUT2D eigenvalue weighted by atomic mass is 79.9. The van der Waals surface area contributed by atoms with E-state index >= 15 is 0 Å². The Labute approximate surface area is 96.7 Å². The van der Waals surface area contributed by atoms with E-state index < -0.39 is 0 Å². The van der Waals surface area contributed by atoms with Gasteiger partial charge in [0.2, 0.25) is 0 Å². The van der Waals surface area contributed by atoms with Gasteiger partial charge in [0.25, 0.3) is 0 Å². The molecule has 3 nitrogen and oxygen atoms in total. The summed E-state index contributed by atoms with van der Waals surface area (Å²) >= 11 is 3.31. The largest absolute Gasteiger partial charge is 0.308 e. The Hall–Kier alpha value is -1.13. The Bertz CT molecular complexity index is 475. The number of benzene rings is 1. The van der Waals surface area contributed by atoms with Gasteiger partial charge < -0.3 is 5.32 Å². The molecule has 1 aromatic heterocycles. The van der Waals surface area contributed by atoms with Gasteiger partial charge in [-0.2, -0.15) is 5.10 Å². The maximum Gasteiger partial charge on any atom is 0.0653 e. The minimum atomic E-state index is 0.779. The minimum absolute atomic E-state index is 0.779. The molecule has 0 saturated heterocycles. The number of nitrogens with zero attached hydrogens (tertiary/aromatic N) is 1. The Kier molecular flexibility index (Phi) is 3.18. The van der Waals surface area contributed by atoms with E-state index in [1.807, 2.05) is 6.20 Å². The molecule has 0 fully saturated rings. The molecule has 0 bridgehead atoms. The van der Waals surface area contributed by atoms with Crippen LogP contribution in [0.3, 0.4) is 0 Å². The molecule has 0 aliphatic rings. The van der Waals surface area contributed by atoms with Gasteiger partial charge in [-0.1, -0.05) is 34.6 Å². The van der Waals surface area contributed by atoms with Crippen molar-refractivity contribution >= 4 is 26.8 Å². The summed E-state index contributed by atoms with van der Waals surface area (Å²) in [6.45, 7) is 5.38. The first kappa shape index (κ1) is 10.4. The lowest BCUT2D eigenvalue weighted by atomic mass is 10.2. The second-order valence-corrected chi connectivity index (χ2v) is 4.53. The van der Waals surface area contributed by atoms with Gasteiger partial charge in [0.1, 0.15) is 0 Å². The van der Waals surface area contributed by atoms with E-state index in [9.17, 15) is 0 Å². The van der Waals surface area contributed by atoms with Gasteiger partial charge in [-0.15, -0.1) is 0 Å². The van der Waals surface area contributed by atoms with Crippen molar-refractivity contribution in [3.8, 4) is 0 Å². The predicted molar refractivity (Wildman–Crippen MR) is 65.9 cm³/mol. The summed E-state index contributed by atoms with van der Waals surface area (Å²) in [5.41, 5.74) is 2.31. The van der Waals surface area contributed by atoms with Crippen LogP contribution < -0.4 is 5.32 Å².